The van der Waals surface area contributed by atoms with Crippen molar-refractivity contribution in [1.82, 2.24) is 20.1 Å². The van der Waals surface area contributed by atoms with Crippen molar-refractivity contribution in [3.8, 4) is 5.75 Å². The second-order valence-corrected chi connectivity index (χ2v) is 12.4. The number of hydrogen-bond acceptors (Lipinski definition) is 5. The molecule has 3 heterocycles. The Morgan fingerprint density at radius 1 is 1.07 bits per heavy atom. The summed E-state index contributed by atoms with van der Waals surface area (Å²) in [6.07, 6.45) is 7.20. The highest BCUT2D eigenvalue weighted by molar-refractivity contribution is 6.11. The molecule has 0 saturated heterocycles. The lowest BCUT2D eigenvalue weighted by Crippen LogP contribution is -2.30. The van der Waals surface area contributed by atoms with Crippen LogP contribution < -0.4 is 15.0 Å². The number of alkyl halides is 3. The molecule has 10 heteroatoms. The number of rotatable bonds is 6. The van der Waals surface area contributed by atoms with Gasteiger partial charge in [-0.15, -0.1) is 10.2 Å². The van der Waals surface area contributed by atoms with Crippen LogP contribution in [0, 0.1) is 0 Å². The number of carbonyl (C=O) groups is 1. The van der Waals surface area contributed by atoms with Crippen LogP contribution in [0.25, 0.3) is 0 Å². The predicted octanol–water partition coefficient (Wildman–Crippen LogP) is 6.21. The van der Waals surface area contributed by atoms with Gasteiger partial charge in [-0.05, 0) is 66.1 Å². The Balaban J connectivity index is 1.28. The van der Waals surface area contributed by atoms with Crippen LogP contribution in [0.2, 0.25) is 0 Å². The van der Waals surface area contributed by atoms with Crippen molar-refractivity contribution in [2.24, 2.45) is 7.05 Å². The molecule has 0 unspecified atom stereocenters. The average molecular weight is 580 g/mol. The van der Waals surface area contributed by atoms with Gasteiger partial charge in [-0.1, -0.05) is 38.2 Å². The van der Waals surface area contributed by atoms with Gasteiger partial charge in [0.2, 0.25) is 0 Å². The molecule has 2 fully saturated rings. The number of benzene rings is 2. The van der Waals surface area contributed by atoms with E-state index in [1.807, 2.05) is 17.7 Å². The van der Waals surface area contributed by atoms with Crippen molar-refractivity contribution in [1.29, 1.82) is 0 Å². The number of amides is 1. The molecule has 0 radical (unpaired) electrons. The van der Waals surface area contributed by atoms with Crippen molar-refractivity contribution >= 4 is 11.6 Å². The highest BCUT2D eigenvalue weighted by Gasteiger charge is 2.45. The highest BCUT2D eigenvalue weighted by atomic mass is 19.4. The number of ether oxygens (including phenoxy) is 1. The summed E-state index contributed by atoms with van der Waals surface area (Å²) in [6.45, 7) is 0.639. The molecule has 0 bridgehead atoms. The number of anilines is 1. The summed E-state index contributed by atoms with van der Waals surface area (Å²) in [4.78, 5) is 15.5. The average Bonchev–Trinajstić information content (AvgIpc) is 3.78. The predicted molar refractivity (Wildman–Crippen MR) is 152 cm³/mol. The zero-order valence-corrected chi connectivity index (χ0v) is 23.9. The molecule has 2 saturated carbocycles. The molecule has 2 aliphatic heterocycles. The number of fused-ring (bicyclic) bond motifs is 2. The van der Waals surface area contributed by atoms with Crippen molar-refractivity contribution in [2.45, 2.75) is 94.9 Å². The first kappa shape index (κ1) is 27.4. The standard InChI is InChI=1S/C32H36F3N5O2/c1-39-19-37-38-30(39)31(10-5-6-11-31)22-15-21-9-12-42-28(21)27(16-22)40-18-25-24(29(40)41)13-20(14-26(25)32(33,34)35)17-36-23-7-3-2-4-8-23/h13-16,19,23,36H,2-12,17-18H2,1H3. The fraction of sp³-hybridized carbons (Fsp3) is 0.531. The highest BCUT2D eigenvalue weighted by Crippen LogP contribution is 2.50. The normalized spacial score (nSPS) is 20.2. The molecule has 42 heavy (non-hydrogen) atoms. The molecular weight excluding hydrogens is 543 g/mol. The first-order valence-electron chi connectivity index (χ1n) is 15.2. The summed E-state index contributed by atoms with van der Waals surface area (Å²) in [5.41, 5.74) is 2.11. The number of nitrogens with zero attached hydrogens (tertiary/aromatic N) is 4. The first-order valence-corrected chi connectivity index (χ1v) is 15.2. The van der Waals surface area contributed by atoms with Gasteiger partial charge in [-0.3, -0.25) is 4.79 Å². The van der Waals surface area contributed by atoms with Crippen LogP contribution in [0.15, 0.2) is 30.6 Å². The largest absolute Gasteiger partial charge is 0.491 e. The Hall–Kier alpha value is -3.40. The molecule has 0 atom stereocenters. The molecular formula is C32H36F3N5O2. The number of halogens is 3. The third-order valence-electron chi connectivity index (χ3n) is 9.81. The van der Waals surface area contributed by atoms with E-state index in [2.05, 4.69) is 21.6 Å². The van der Waals surface area contributed by atoms with E-state index >= 15 is 0 Å². The van der Waals surface area contributed by atoms with E-state index in [4.69, 9.17) is 4.74 Å². The smallest absolute Gasteiger partial charge is 0.416 e. The number of aryl methyl sites for hydroxylation is 1. The first-order chi connectivity index (χ1) is 20.2. The molecule has 4 aliphatic rings. The summed E-state index contributed by atoms with van der Waals surface area (Å²) >= 11 is 0. The van der Waals surface area contributed by atoms with E-state index in [9.17, 15) is 18.0 Å². The second kappa shape index (κ2) is 10.4. The Kier molecular flexibility index (Phi) is 6.79. The van der Waals surface area contributed by atoms with Gasteiger partial charge >= 0.3 is 6.18 Å². The molecule has 2 aromatic carbocycles. The molecule has 3 aromatic rings. The van der Waals surface area contributed by atoms with Gasteiger partial charge in [-0.2, -0.15) is 13.2 Å². The SMILES string of the molecule is Cn1cnnc1C1(c2cc3c(c(N4Cc5c(cc(CNC6CCCCC6)cc5C(F)(F)F)C4=O)c2)OCC3)CCCC1. The van der Waals surface area contributed by atoms with E-state index < -0.39 is 17.6 Å². The quantitative estimate of drug-likeness (QED) is 0.376. The van der Waals surface area contributed by atoms with Crippen LogP contribution in [0.5, 0.6) is 5.75 Å². The maximum Gasteiger partial charge on any atom is 0.416 e. The summed E-state index contributed by atoms with van der Waals surface area (Å²) in [5.74, 6) is 1.05. The van der Waals surface area contributed by atoms with Gasteiger partial charge in [0.15, 0.2) is 0 Å². The summed E-state index contributed by atoms with van der Waals surface area (Å²) in [6, 6.07) is 7.30. The molecule has 0 spiro atoms. The van der Waals surface area contributed by atoms with Crippen LogP contribution in [-0.4, -0.2) is 33.3 Å². The Bertz CT molecular complexity index is 1520. The molecule has 1 aromatic heterocycles. The lowest BCUT2D eigenvalue weighted by atomic mass is 9.77. The van der Waals surface area contributed by atoms with Gasteiger partial charge in [0.1, 0.15) is 17.9 Å². The fourth-order valence-electron chi connectivity index (χ4n) is 7.69. The Labute approximate surface area is 243 Å². The third kappa shape index (κ3) is 4.58. The summed E-state index contributed by atoms with van der Waals surface area (Å²) in [5, 5.41) is 12.1. The molecule has 1 amide bonds. The van der Waals surface area contributed by atoms with Crippen LogP contribution in [0.4, 0.5) is 18.9 Å². The topological polar surface area (TPSA) is 72.3 Å². The monoisotopic (exact) mass is 579 g/mol. The number of carbonyl (C=O) groups excluding carboxylic acids is 1. The van der Waals surface area contributed by atoms with Gasteiger partial charge in [0, 0.05) is 31.6 Å². The van der Waals surface area contributed by atoms with E-state index in [-0.39, 0.29) is 23.1 Å². The van der Waals surface area contributed by atoms with E-state index in [1.54, 1.807) is 12.4 Å². The van der Waals surface area contributed by atoms with Crippen LogP contribution in [0.3, 0.4) is 0 Å². The Morgan fingerprint density at radius 3 is 2.57 bits per heavy atom. The van der Waals surface area contributed by atoms with Gasteiger partial charge < -0.3 is 19.5 Å². The third-order valence-corrected chi connectivity index (χ3v) is 9.81. The van der Waals surface area contributed by atoms with E-state index in [0.717, 1.165) is 68.3 Å². The maximum absolute atomic E-state index is 14.4. The van der Waals surface area contributed by atoms with Crippen LogP contribution >= 0.6 is 0 Å². The molecule has 7 nitrogen and oxygen atoms in total. The fourth-order valence-corrected chi connectivity index (χ4v) is 7.69. The minimum Gasteiger partial charge on any atom is -0.491 e. The lowest BCUT2D eigenvalue weighted by Gasteiger charge is -2.30. The van der Waals surface area contributed by atoms with Crippen molar-refractivity contribution in [2.75, 3.05) is 11.5 Å². The Morgan fingerprint density at radius 2 is 1.86 bits per heavy atom. The van der Waals surface area contributed by atoms with Crippen LogP contribution in [0.1, 0.15) is 102 Å². The summed E-state index contributed by atoms with van der Waals surface area (Å²) < 4.78 is 51.2. The number of nitrogens with one attached hydrogen (secondary N) is 1. The molecule has 1 N–H and O–H groups in total. The zero-order chi connectivity index (χ0) is 29.1. The number of aromatic nitrogens is 3. The molecule has 2 aliphatic carbocycles. The van der Waals surface area contributed by atoms with E-state index in [0.29, 0.717) is 42.6 Å². The van der Waals surface area contributed by atoms with Crippen molar-refractivity contribution in [3.63, 3.8) is 0 Å². The molecule has 7 rings (SSSR count). The van der Waals surface area contributed by atoms with Gasteiger partial charge in [0.25, 0.3) is 5.91 Å². The minimum absolute atomic E-state index is 0.0370. The summed E-state index contributed by atoms with van der Waals surface area (Å²) in [7, 11) is 1.94. The van der Waals surface area contributed by atoms with Crippen LogP contribution in [-0.2, 0) is 38.1 Å². The van der Waals surface area contributed by atoms with Crippen molar-refractivity contribution in [3.05, 3.63) is 69.8 Å². The maximum atomic E-state index is 14.4. The molecule has 222 valence electrons. The van der Waals surface area contributed by atoms with Gasteiger partial charge in [-0.25, -0.2) is 0 Å². The zero-order valence-electron chi connectivity index (χ0n) is 23.9. The number of hydrogen-bond donors (Lipinski definition) is 1. The second-order valence-electron chi connectivity index (χ2n) is 12.4. The van der Waals surface area contributed by atoms with Gasteiger partial charge in [0.05, 0.1) is 29.8 Å². The van der Waals surface area contributed by atoms with E-state index in [1.165, 1.54) is 17.4 Å². The lowest BCUT2D eigenvalue weighted by molar-refractivity contribution is -0.138. The van der Waals surface area contributed by atoms with Crippen molar-refractivity contribution < 1.29 is 22.7 Å². The minimum atomic E-state index is -4.57.